The lowest BCUT2D eigenvalue weighted by Gasteiger charge is -2.45. The Balaban J connectivity index is 1.73. The summed E-state index contributed by atoms with van der Waals surface area (Å²) in [6, 6.07) is 6.54. The topological polar surface area (TPSA) is 26.3 Å². The zero-order chi connectivity index (χ0) is 14.6. The molecule has 1 aromatic rings. The number of carbonyl (C=O) groups is 1. The van der Waals surface area contributed by atoms with E-state index >= 15 is 0 Å². The number of carbonyl (C=O) groups excluding carboxylic acids is 1. The van der Waals surface area contributed by atoms with E-state index in [2.05, 4.69) is 31.2 Å². The highest BCUT2D eigenvalue weighted by Gasteiger charge is 2.49. The summed E-state index contributed by atoms with van der Waals surface area (Å²) in [5, 5.41) is 0. The number of Topliss-reactive ketones (excluding diaryl/α,β-unsaturated/α-hetero) is 1. The monoisotopic (exact) mass is 282 g/mol. The van der Waals surface area contributed by atoms with Crippen LogP contribution in [0, 0.1) is 11.3 Å². The molecule has 0 heterocycles. The SMILES string of the molecule is COc1ccc2c(c1)CCC1C3=CCC(=O)C3(C)CCC21. The number of benzene rings is 1. The number of ketones is 1. The Kier molecular flexibility index (Phi) is 2.79. The zero-order valence-electron chi connectivity index (χ0n) is 12.8. The number of hydrogen-bond donors (Lipinski definition) is 0. The molecule has 3 atom stereocenters. The molecule has 1 saturated carbocycles. The molecule has 2 heteroatoms. The van der Waals surface area contributed by atoms with Crippen LogP contribution < -0.4 is 4.74 Å². The maximum Gasteiger partial charge on any atom is 0.146 e. The number of methoxy groups -OCH3 is 1. The fourth-order valence-electron chi connectivity index (χ4n) is 4.85. The molecule has 0 amide bonds. The molecular weight excluding hydrogens is 260 g/mol. The van der Waals surface area contributed by atoms with Gasteiger partial charge in [0.1, 0.15) is 11.5 Å². The Morgan fingerprint density at radius 3 is 2.90 bits per heavy atom. The first-order valence-electron chi connectivity index (χ1n) is 8.04. The van der Waals surface area contributed by atoms with Crippen LogP contribution in [0.3, 0.4) is 0 Å². The van der Waals surface area contributed by atoms with Crippen molar-refractivity contribution in [3.8, 4) is 5.75 Å². The predicted octanol–water partition coefficient (Wildman–Crippen LogP) is 4.04. The molecule has 4 rings (SSSR count). The molecule has 0 aliphatic heterocycles. The third-order valence-electron chi connectivity index (χ3n) is 6.07. The van der Waals surface area contributed by atoms with Crippen LogP contribution in [0.25, 0.3) is 0 Å². The maximum atomic E-state index is 12.3. The molecule has 3 aliphatic rings. The highest BCUT2D eigenvalue weighted by molar-refractivity contribution is 5.92. The van der Waals surface area contributed by atoms with Gasteiger partial charge in [0.2, 0.25) is 0 Å². The number of ether oxygens (including phenoxy) is 1. The van der Waals surface area contributed by atoms with Crippen molar-refractivity contribution in [1.82, 2.24) is 0 Å². The molecule has 0 bridgehead atoms. The van der Waals surface area contributed by atoms with Crippen molar-refractivity contribution in [2.75, 3.05) is 7.11 Å². The number of allylic oxidation sites excluding steroid dienone is 2. The Morgan fingerprint density at radius 1 is 1.24 bits per heavy atom. The van der Waals surface area contributed by atoms with Crippen LogP contribution in [0.2, 0.25) is 0 Å². The van der Waals surface area contributed by atoms with Gasteiger partial charge in [-0.25, -0.2) is 0 Å². The van der Waals surface area contributed by atoms with E-state index in [0.717, 1.165) is 25.0 Å². The van der Waals surface area contributed by atoms with Gasteiger partial charge in [0, 0.05) is 11.8 Å². The molecule has 0 spiro atoms. The van der Waals surface area contributed by atoms with Crippen molar-refractivity contribution >= 4 is 5.78 Å². The number of rotatable bonds is 1. The molecule has 1 fully saturated rings. The van der Waals surface area contributed by atoms with E-state index < -0.39 is 0 Å². The third kappa shape index (κ3) is 1.74. The van der Waals surface area contributed by atoms with Crippen LogP contribution in [0.1, 0.15) is 49.7 Å². The fraction of sp³-hybridized carbons (Fsp3) is 0.526. The van der Waals surface area contributed by atoms with E-state index in [-0.39, 0.29) is 5.41 Å². The van der Waals surface area contributed by atoms with Gasteiger partial charge >= 0.3 is 0 Å². The molecule has 3 aliphatic carbocycles. The normalized spacial score (nSPS) is 33.8. The minimum Gasteiger partial charge on any atom is -0.497 e. The van der Waals surface area contributed by atoms with Crippen LogP contribution in [0.4, 0.5) is 0 Å². The van der Waals surface area contributed by atoms with Gasteiger partial charge in [0.05, 0.1) is 7.11 Å². The number of aryl methyl sites for hydroxylation is 1. The Labute approximate surface area is 126 Å². The van der Waals surface area contributed by atoms with Gasteiger partial charge < -0.3 is 4.74 Å². The standard InChI is InChI=1S/C19H22O2/c1-19-10-9-15-14-6-4-13(21-2)11-12(14)3-5-16(15)17(19)7-8-18(19)20/h4,6-7,11,15-16H,3,5,8-10H2,1-2H3. The van der Waals surface area contributed by atoms with Gasteiger partial charge in [-0.05, 0) is 67.7 Å². The molecule has 1 aromatic carbocycles. The summed E-state index contributed by atoms with van der Waals surface area (Å²) in [5.41, 5.74) is 4.24. The highest BCUT2D eigenvalue weighted by atomic mass is 16.5. The van der Waals surface area contributed by atoms with E-state index in [4.69, 9.17) is 4.74 Å². The molecule has 2 nitrogen and oxygen atoms in total. The quantitative estimate of drug-likeness (QED) is 0.727. The molecule has 0 N–H and O–H groups in total. The average Bonchev–Trinajstić information content (AvgIpc) is 2.82. The Hall–Kier alpha value is -1.57. The summed E-state index contributed by atoms with van der Waals surface area (Å²) < 4.78 is 5.36. The maximum absolute atomic E-state index is 12.3. The molecule has 21 heavy (non-hydrogen) atoms. The van der Waals surface area contributed by atoms with Crippen LogP contribution >= 0.6 is 0 Å². The minimum absolute atomic E-state index is 0.148. The first-order valence-corrected chi connectivity index (χ1v) is 8.04. The summed E-state index contributed by atoms with van der Waals surface area (Å²) in [6.45, 7) is 2.17. The minimum atomic E-state index is -0.148. The fourth-order valence-corrected chi connectivity index (χ4v) is 4.85. The van der Waals surface area contributed by atoms with Gasteiger partial charge in [0.25, 0.3) is 0 Å². The number of fused-ring (bicyclic) bond motifs is 5. The van der Waals surface area contributed by atoms with E-state index in [9.17, 15) is 4.79 Å². The Morgan fingerprint density at radius 2 is 2.10 bits per heavy atom. The first kappa shape index (κ1) is 13.1. The van der Waals surface area contributed by atoms with E-state index in [0.29, 0.717) is 24.0 Å². The summed E-state index contributed by atoms with van der Waals surface area (Å²) in [4.78, 5) is 12.3. The summed E-state index contributed by atoms with van der Waals surface area (Å²) >= 11 is 0. The lowest BCUT2D eigenvalue weighted by Crippen LogP contribution is -2.38. The van der Waals surface area contributed by atoms with Crippen LogP contribution in [-0.4, -0.2) is 12.9 Å². The molecule has 0 radical (unpaired) electrons. The van der Waals surface area contributed by atoms with Crippen molar-refractivity contribution in [2.24, 2.45) is 11.3 Å². The van der Waals surface area contributed by atoms with Crippen molar-refractivity contribution in [3.63, 3.8) is 0 Å². The van der Waals surface area contributed by atoms with Crippen molar-refractivity contribution in [1.29, 1.82) is 0 Å². The van der Waals surface area contributed by atoms with Gasteiger partial charge in [-0.1, -0.05) is 17.7 Å². The molecule has 0 aromatic heterocycles. The lowest BCUT2D eigenvalue weighted by molar-refractivity contribution is -0.125. The van der Waals surface area contributed by atoms with E-state index in [1.165, 1.54) is 23.1 Å². The molecule has 0 saturated heterocycles. The van der Waals surface area contributed by atoms with Crippen molar-refractivity contribution < 1.29 is 9.53 Å². The number of hydrogen-bond acceptors (Lipinski definition) is 2. The average molecular weight is 282 g/mol. The van der Waals surface area contributed by atoms with Gasteiger partial charge in [-0.2, -0.15) is 0 Å². The van der Waals surface area contributed by atoms with Crippen LogP contribution in [0.5, 0.6) is 5.75 Å². The third-order valence-corrected chi connectivity index (χ3v) is 6.07. The largest absolute Gasteiger partial charge is 0.497 e. The second-order valence-corrected chi connectivity index (χ2v) is 6.97. The van der Waals surface area contributed by atoms with Crippen molar-refractivity contribution in [2.45, 2.75) is 44.9 Å². The van der Waals surface area contributed by atoms with E-state index in [1.807, 2.05) is 0 Å². The molecule has 3 unspecified atom stereocenters. The first-order chi connectivity index (χ1) is 10.1. The van der Waals surface area contributed by atoms with Gasteiger partial charge in [-0.3, -0.25) is 4.79 Å². The van der Waals surface area contributed by atoms with E-state index in [1.54, 1.807) is 7.11 Å². The van der Waals surface area contributed by atoms with Gasteiger partial charge in [0.15, 0.2) is 0 Å². The second-order valence-electron chi connectivity index (χ2n) is 6.97. The zero-order valence-corrected chi connectivity index (χ0v) is 12.8. The van der Waals surface area contributed by atoms with Gasteiger partial charge in [-0.15, -0.1) is 0 Å². The summed E-state index contributed by atoms with van der Waals surface area (Å²) in [5.74, 6) is 2.58. The molecule has 110 valence electrons. The van der Waals surface area contributed by atoms with Crippen LogP contribution in [0.15, 0.2) is 29.8 Å². The Bertz CT molecular complexity index is 643. The highest BCUT2D eigenvalue weighted by Crippen LogP contribution is 2.57. The lowest BCUT2D eigenvalue weighted by atomic mass is 9.58. The van der Waals surface area contributed by atoms with Crippen LogP contribution in [-0.2, 0) is 11.2 Å². The smallest absolute Gasteiger partial charge is 0.146 e. The van der Waals surface area contributed by atoms with Crippen molar-refractivity contribution in [3.05, 3.63) is 41.0 Å². The summed E-state index contributed by atoms with van der Waals surface area (Å²) in [7, 11) is 1.73. The predicted molar refractivity (Wildman–Crippen MR) is 82.6 cm³/mol. The second kappa shape index (κ2) is 4.46. The molecular formula is C19H22O2. The summed E-state index contributed by atoms with van der Waals surface area (Å²) in [6.07, 6.45) is 7.35.